The number of ether oxygens (including phenoxy) is 1. The molecule has 0 atom stereocenters. The topological polar surface area (TPSA) is 68.1 Å². The summed E-state index contributed by atoms with van der Waals surface area (Å²) in [5.41, 5.74) is 9.83. The highest BCUT2D eigenvalue weighted by Crippen LogP contribution is 2.44. The second-order valence-corrected chi connectivity index (χ2v) is 6.65. The number of hydrogen-bond acceptors (Lipinski definition) is 2. The van der Waals surface area contributed by atoms with Crippen LogP contribution < -0.4 is 10.5 Å². The van der Waals surface area contributed by atoms with E-state index in [1.165, 1.54) is 5.56 Å². The van der Waals surface area contributed by atoms with Gasteiger partial charge in [-0.2, -0.15) is 0 Å². The minimum absolute atomic E-state index is 0.192. The Morgan fingerprint density at radius 1 is 1.17 bits per heavy atom. The van der Waals surface area contributed by atoms with Crippen LogP contribution in [-0.2, 0) is 6.42 Å². The standard InChI is InChI=1S/C19H18N2O2/c1-19(2)10-11-5-3-7-13(17(11)23-19)12-6-4-8-15-14(12)9-16(21-15)18(20)22/h3-9,21H,10H2,1-2H3,(H2,20,22). The number of para-hydroxylation sites is 1. The van der Waals surface area contributed by atoms with Crippen molar-refractivity contribution in [2.75, 3.05) is 0 Å². The molecule has 1 aliphatic rings. The molecule has 4 rings (SSSR count). The fourth-order valence-corrected chi connectivity index (χ4v) is 3.35. The molecule has 4 nitrogen and oxygen atoms in total. The van der Waals surface area contributed by atoms with Gasteiger partial charge in [0.15, 0.2) is 0 Å². The summed E-state index contributed by atoms with van der Waals surface area (Å²) >= 11 is 0. The first-order chi connectivity index (χ1) is 10.9. The predicted octanol–water partition coefficient (Wildman–Crippen LogP) is 3.65. The van der Waals surface area contributed by atoms with Crippen molar-refractivity contribution >= 4 is 16.8 Å². The van der Waals surface area contributed by atoms with Crippen molar-refractivity contribution in [1.82, 2.24) is 4.98 Å². The summed E-state index contributed by atoms with van der Waals surface area (Å²) < 4.78 is 6.18. The summed E-state index contributed by atoms with van der Waals surface area (Å²) in [6, 6.07) is 14.0. The number of carbonyl (C=O) groups is 1. The van der Waals surface area contributed by atoms with Gasteiger partial charge in [-0.05, 0) is 37.1 Å². The fourth-order valence-electron chi connectivity index (χ4n) is 3.35. The second-order valence-electron chi connectivity index (χ2n) is 6.65. The van der Waals surface area contributed by atoms with E-state index in [-0.39, 0.29) is 5.60 Å². The second kappa shape index (κ2) is 4.62. The number of H-pyrrole nitrogens is 1. The number of rotatable bonds is 2. The zero-order chi connectivity index (χ0) is 16.2. The van der Waals surface area contributed by atoms with Crippen LogP contribution in [0.2, 0.25) is 0 Å². The van der Waals surface area contributed by atoms with Crippen LogP contribution in [0.15, 0.2) is 42.5 Å². The molecular formula is C19H18N2O2. The van der Waals surface area contributed by atoms with E-state index in [0.29, 0.717) is 5.69 Å². The minimum atomic E-state index is -0.456. The molecule has 3 N–H and O–H groups in total. The lowest BCUT2D eigenvalue weighted by Gasteiger charge is -2.18. The predicted molar refractivity (Wildman–Crippen MR) is 90.7 cm³/mol. The molecule has 0 saturated heterocycles. The Hall–Kier alpha value is -2.75. The van der Waals surface area contributed by atoms with E-state index < -0.39 is 5.91 Å². The van der Waals surface area contributed by atoms with Gasteiger partial charge in [-0.1, -0.05) is 30.3 Å². The van der Waals surface area contributed by atoms with E-state index in [2.05, 4.69) is 37.0 Å². The number of aromatic amines is 1. The summed E-state index contributed by atoms with van der Waals surface area (Å²) in [4.78, 5) is 14.5. The number of fused-ring (bicyclic) bond motifs is 2. The zero-order valence-corrected chi connectivity index (χ0v) is 13.1. The minimum Gasteiger partial charge on any atom is -0.487 e. The molecule has 2 heterocycles. The Balaban J connectivity index is 1.95. The summed E-state index contributed by atoms with van der Waals surface area (Å²) in [5, 5.41) is 0.975. The van der Waals surface area contributed by atoms with Crippen LogP contribution in [0.4, 0.5) is 0 Å². The number of primary amides is 1. The van der Waals surface area contributed by atoms with Crippen LogP contribution in [0.1, 0.15) is 29.9 Å². The molecule has 0 saturated carbocycles. The van der Waals surface area contributed by atoms with E-state index in [0.717, 1.165) is 34.2 Å². The summed E-state index contributed by atoms with van der Waals surface area (Å²) in [7, 11) is 0. The number of benzene rings is 2. The van der Waals surface area contributed by atoms with Gasteiger partial charge in [0.2, 0.25) is 0 Å². The van der Waals surface area contributed by atoms with Crippen molar-refractivity contribution < 1.29 is 9.53 Å². The van der Waals surface area contributed by atoms with Gasteiger partial charge < -0.3 is 15.5 Å². The normalized spacial score (nSPS) is 15.4. The number of nitrogens with one attached hydrogen (secondary N) is 1. The molecule has 0 radical (unpaired) electrons. The maximum atomic E-state index is 11.5. The van der Waals surface area contributed by atoms with E-state index in [1.807, 2.05) is 24.3 Å². The summed E-state index contributed by atoms with van der Waals surface area (Å²) in [6.45, 7) is 4.19. The van der Waals surface area contributed by atoms with Crippen LogP contribution in [0.25, 0.3) is 22.0 Å². The molecule has 116 valence electrons. The molecule has 2 aromatic carbocycles. The third-order valence-electron chi connectivity index (χ3n) is 4.31. The Kier molecular flexibility index (Phi) is 2.79. The Morgan fingerprint density at radius 2 is 1.91 bits per heavy atom. The molecule has 0 bridgehead atoms. The smallest absolute Gasteiger partial charge is 0.265 e. The van der Waals surface area contributed by atoms with E-state index in [1.54, 1.807) is 0 Å². The van der Waals surface area contributed by atoms with Crippen molar-refractivity contribution in [3.8, 4) is 16.9 Å². The van der Waals surface area contributed by atoms with E-state index >= 15 is 0 Å². The monoisotopic (exact) mass is 306 g/mol. The van der Waals surface area contributed by atoms with Crippen LogP contribution in [0.5, 0.6) is 5.75 Å². The van der Waals surface area contributed by atoms with Gasteiger partial charge in [0.1, 0.15) is 17.0 Å². The number of hydrogen-bond donors (Lipinski definition) is 2. The number of nitrogens with two attached hydrogens (primary N) is 1. The largest absolute Gasteiger partial charge is 0.487 e. The van der Waals surface area contributed by atoms with Gasteiger partial charge in [-0.25, -0.2) is 0 Å². The van der Waals surface area contributed by atoms with Crippen LogP contribution in [-0.4, -0.2) is 16.5 Å². The number of aromatic nitrogens is 1. The molecule has 4 heteroatoms. The van der Waals surface area contributed by atoms with Gasteiger partial charge in [0.25, 0.3) is 5.91 Å². The Morgan fingerprint density at radius 3 is 2.70 bits per heavy atom. The van der Waals surface area contributed by atoms with Gasteiger partial charge in [0, 0.05) is 22.9 Å². The van der Waals surface area contributed by atoms with Crippen molar-refractivity contribution in [3.05, 3.63) is 53.7 Å². The molecular weight excluding hydrogens is 288 g/mol. The van der Waals surface area contributed by atoms with Crippen molar-refractivity contribution in [3.63, 3.8) is 0 Å². The molecule has 3 aromatic rings. The van der Waals surface area contributed by atoms with Crippen molar-refractivity contribution in [2.45, 2.75) is 25.9 Å². The SMILES string of the molecule is CC1(C)Cc2cccc(-c3cccc4[nH]c(C(N)=O)cc34)c2O1. The first kappa shape index (κ1) is 13.9. The maximum absolute atomic E-state index is 11.5. The van der Waals surface area contributed by atoms with E-state index in [4.69, 9.17) is 10.5 Å². The van der Waals surface area contributed by atoms with Gasteiger partial charge in [0.05, 0.1) is 0 Å². The Bertz CT molecular complexity index is 938. The molecule has 1 aromatic heterocycles. The molecule has 1 aliphatic heterocycles. The highest BCUT2D eigenvalue weighted by molar-refractivity contribution is 6.03. The molecule has 0 aliphatic carbocycles. The third kappa shape index (κ3) is 2.18. The average Bonchev–Trinajstić information content (AvgIpc) is 3.05. The van der Waals surface area contributed by atoms with Crippen molar-refractivity contribution in [1.29, 1.82) is 0 Å². The number of amides is 1. The zero-order valence-electron chi connectivity index (χ0n) is 13.1. The highest BCUT2D eigenvalue weighted by Gasteiger charge is 2.32. The molecule has 23 heavy (non-hydrogen) atoms. The summed E-state index contributed by atoms with van der Waals surface area (Å²) in [5.74, 6) is 0.481. The molecule has 0 unspecified atom stereocenters. The quantitative estimate of drug-likeness (QED) is 0.759. The summed E-state index contributed by atoms with van der Waals surface area (Å²) in [6.07, 6.45) is 0.895. The van der Waals surface area contributed by atoms with Crippen LogP contribution in [0.3, 0.4) is 0 Å². The molecule has 1 amide bonds. The first-order valence-electron chi connectivity index (χ1n) is 7.67. The molecule has 0 fully saturated rings. The van der Waals surface area contributed by atoms with Crippen LogP contribution >= 0.6 is 0 Å². The Labute approximate surface area is 134 Å². The highest BCUT2D eigenvalue weighted by atomic mass is 16.5. The lowest BCUT2D eigenvalue weighted by Crippen LogP contribution is -2.24. The number of carbonyl (C=O) groups excluding carboxylic acids is 1. The maximum Gasteiger partial charge on any atom is 0.265 e. The van der Waals surface area contributed by atoms with Gasteiger partial charge >= 0.3 is 0 Å². The van der Waals surface area contributed by atoms with Gasteiger partial charge in [-0.15, -0.1) is 0 Å². The van der Waals surface area contributed by atoms with E-state index in [9.17, 15) is 4.79 Å². The third-order valence-corrected chi connectivity index (χ3v) is 4.31. The lowest BCUT2D eigenvalue weighted by molar-refractivity contribution is 0.0996. The first-order valence-corrected chi connectivity index (χ1v) is 7.67. The fraction of sp³-hybridized carbons (Fsp3) is 0.211. The molecule has 0 spiro atoms. The lowest BCUT2D eigenvalue weighted by atomic mass is 9.96. The van der Waals surface area contributed by atoms with Gasteiger partial charge in [-0.3, -0.25) is 4.79 Å². The average molecular weight is 306 g/mol. The van der Waals surface area contributed by atoms with Crippen molar-refractivity contribution in [2.24, 2.45) is 5.73 Å². The van der Waals surface area contributed by atoms with Crippen LogP contribution in [0, 0.1) is 0 Å².